The highest BCUT2D eigenvalue weighted by molar-refractivity contribution is 7.80. The van der Waals surface area contributed by atoms with Gasteiger partial charge < -0.3 is 15.1 Å². The summed E-state index contributed by atoms with van der Waals surface area (Å²) in [6, 6.07) is 18.9. The lowest BCUT2D eigenvalue weighted by Gasteiger charge is -2.27. The van der Waals surface area contributed by atoms with Gasteiger partial charge >= 0.3 is 0 Å². The van der Waals surface area contributed by atoms with Gasteiger partial charge in [0.15, 0.2) is 5.11 Å². The van der Waals surface area contributed by atoms with Gasteiger partial charge in [0.05, 0.1) is 17.8 Å². The van der Waals surface area contributed by atoms with Gasteiger partial charge in [0.25, 0.3) is 0 Å². The van der Waals surface area contributed by atoms with Crippen LogP contribution in [0.4, 0.5) is 11.4 Å². The van der Waals surface area contributed by atoms with E-state index in [-0.39, 0.29) is 12.1 Å². The maximum Gasteiger partial charge on any atom is 0.174 e. The summed E-state index contributed by atoms with van der Waals surface area (Å²) >= 11 is 7.47. The fraction of sp³-hybridized carbons (Fsp3) is 0.200. The van der Waals surface area contributed by atoms with E-state index >= 15 is 0 Å². The summed E-state index contributed by atoms with van der Waals surface area (Å²) in [6.07, 6.45) is 1.83. The fourth-order valence-corrected chi connectivity index (χ4v) is 4.49. The molecule has 132 valence electrons. The molecular formula is C20H20N4S2. The van der Waals surface area contributed by atoms with Crippen molar-refractivity contribution in [3.8, 4) is 0 Å². The van der Waals surface area contributed by atoms with Crippen LogP contribution in [0.5, 0.6) is 0 Å². The molecule has 1 saturated heterocycles. The van der Waals surface area contributed by atoms with Crippen LogP contribution >= 0.6 is 23.6 Å². The average Bonchev–Trinajstić information content (AvgIpc) is 3.30. The van der Waals surface area contributed by atoms with Gasteiger partial charge in [0, 0.05) is 36.5 Å². The summed E-state index contributed by atoms with van der Waals surface area (Å²) in [4.78, 5) is 10.1. The van der Waals surface area contributed by atoms with Crippen LogP contribution in [0.3, 0.4) is 0 Å². The molecule has 1 aromatic carbocycles. The smallest absolute Gasteiger partial charge is 0.174 e. The number of thiophene rings is 1. The minimum absolute atomic E-state index is 0.0240. The minimum Gasteiger partial charge on any atom is -0.378 e. The monoisotopic (exact) mass is 380 g/mol. The van der Waals surface area contributed by atoms with Gasteiger partial charge in [-0.15, -0.1) is 11.3 Å². The normalized spacial score (nSPS) is 19.5. The molecule has 1 aliphatic rings. The average molecular weight is 381 g/mol. The Morgan fingerprint density at radius 2 is 1.88 bits per heavy atom. The number of nitrogens with one attached hydrogen (secondary N) is 1. The second kappa shape index (κ2) is 7.05. The number of anilines is 2. The first-order chi connectivity index (χ1) is 12.6. The third-order valence-electron chi connectivity index (χ3n) is 4.58. The summed E-state index contributed by atoms with van der Waals surface area (Å²) in [6.45, 7) is 0. The van der Waals surface area contributed by atoms with Gasteiger partial charge in [-0.2, -0.15) is 0 Å². The summed E-state index contributed by atoms with van der Waals surface area (Å²) in [5, 5.41) is 6.33. The van der Waals surface area contributed by atoms with E-state index in [1.807, 2.05) is 32.4 Å². The van der Waals surface area contributed by atoms with Crippen LogP contribution in [0.1, 0.15) is 22.7 Å². The number of nitrogens with zero attached hydrogens (tertiary/aromatic N) is 3. The van der Waals surface area contributed by atoms with Crippen molar-refractivity contribution in [1.29, 1.82) is 0 Å². The number of hydrogen-bond donors (Lipinski definition) is 1. The highest BCUT2D eigenvalue weighted by atomic mass is 32.1. The molecule has 0 spiro atoms. The van der Waals surface area contributed by atoms with Crippen molar-refractivity contribution in [3.63, 3.8) is 0 Å². The Hall–Kier alpha value is -2.44. The van der Waals surface area contributed by atoms with E-state index in [9.17, 15) is 0 Å². The molecule has 0 amide bonds. The van der Waals surface area contributed by atoms with E-state index < -0.39 is 0 Å². The fourth-order valence-electron chi connectivity index (χ4n) is 3.29. The lowest BCUT2D eigenvalue weighted by Crippen LogP contribution is -2.29. The topological polar surface area (TPSA) is 31.4 Å². The number of thiocarbonyl (C=S) groups is 1. The first-order valence-corrected chi connectivity index (χ1v) is 9.75. The largest absolute Gasteiger partial charge is 0.378 e. The number of pyridine rings is 1. The van der Waals surface area contributed by atoms with Crippen molar-refractivity contribution in [1.82, 2.24) is 10.3 Å². The molecule has 26 heavy (non-hydrogen) atoms. The molecule has 3 heterocycles. The molecule has 2 atom stereocenters. The Labute approximate surface area is 163 Å². The Bertz CT molecular complexity index is 876. The molecule has 4 nitrogen and oxygen atoms in total. The summed E-state index contributed by atoms with van der Waals surface area (Å²) < 4.78 is 0. The van der Waals surface area contributed by atoms with Crippen LogP contribution in [0.2, 0.25) is 0 Å². The van der Waals surface area contributed by atoms with Crippen molar-refractivity contribution in [3.05, 3.63) is 76.7 Å². The number of rotatable bonds is 4. The van der Waals surface area contributed by atoms with Gasteiger partial charge in [-0.25, -0.2) is 0 Å². The van der Waals surface area contributed by atoms with Gasteiger partial charge in [0.2, 0.25) is 0 Å². The molecule has 3 aromatic rings. The van der Waals surface area contributed by atoms with E-state index in [0.717, 1.165) is 16.5 Å². The maximum atomic E-state index is 5.72. The third kappa shape index (κ3) is 3.06. The molecule has 2 aromatic heterocycles. The van der Waals surface area contributed by atoms with Crippen LogP contribution in [-0.4, -0.2) is 24.2 Å². The van der Waals surface area contributed by atoms with E-state index in [2.05, 4.69) is 67.9 Å². The molecule has 4 rings (SSSR count). The molecule has 2 unspecified atom stereocenters. The van der Waals surface area contributed by atoms with E-state index in [0.29, 0.717) is 0 Å². The molecule has 0 bridgehead atoms. The summed E-state index contributed by atoms with van der Waals surface area (Å²) in [7, 11) is 4.09. The van der Waals surface area contributed by atoms with Crippen LogP contribution in [-0.2, 0) is 0 Å². The van der Waals surface area contributed by atoms with E-state index in [1.54, 1.807) is 11.3 Å². The minimum atomic E-state index is 0.0240. The molecular weight excluding hydrogens is 360 g/mol. The zero-order valence-electron chi connectivity index (χ0n) is 14.7. The molecule has 6 heteroatoms. The van der Waals surface area contributed by atoms with Crippen molar-refractivity contribution in [2.24, 2.45) is 0 Å². The molecule has 0 aliphatic carbocycles. The van der Waals surface area contributed by atoms with E-state index in [4.69, 9.17) is 12.2 Å². The highest BCUT2D eigenvalue weighted by Gasteiger charge is 2.41. The Balaban J connectivity index is 1.76. The van der Waals surface area contributed by atoms with Crippen molar-refractivity contribution < 1.29 is 0 Å². The van der Waals surface area contributed by atoms with Crippen molar-refractivity contribution >= 4 is 40.0 Å². The Kier molecular flexibility index (Phi) is 4.61. The summed E-state index contributed by atoms with van der Waals surface area (Å²) in [5.41, 5.74) is 3.26. The van der Waals surface area contributed by atoms with Crippen LogP contribution in [0, 0.1) is 0 Å². The van der Waals surface area contributed by atoms with Crippen LogP contribution in [0.25, 0.3) is 0 Å². The first kappa shape index (κ1) is 17.0. The van der Waals surface area contributed by atoms with Crippen molar-refractivity contribution in [2.75, 3.05) is 23.9 Å². The van der Waals surface area contributed by atoms with Gasteiger partial charge in [-0.3, -0.25) is 4.98 Å². The Morgan fingerprint density at radius 1 is 1.08 bits per heavy atom. The lowest BCUT2D eigenvalue weighted by atomic mass is 10.0. The van der Waals surface area contributed by atoms with Gasteiger partial charge in [0.1, 0.15) is 0 Å². The summed E-state index contributed by atoms with van der Waals surface area (Å²) in [5.74, 6) is 0. The van der Waals surface area contributed by atoms with Crippen molar-refractivity contribution in [2.45, 2.75) is 12.1 Å². The Morgan fingerprint density at radius 3 is 2.50 bits per heavy atom. The maximum absolute atomic E-state index is 5.72. The molecule has 0 radical (unpaired) electrons. The lowest BCUT2D eigenvalue weighted by molar-refractivity contribution is 0.575. The van der Waals surface area contributed by atoms with Crippen LogP contribution < -0.4 is 15.1 Å². The second-order valence-electron chi connectivity index (χ2n) is 6.42. The number of benzene rings is 1. The first-order valence-electron chi connectivity index (χ1n) is 8.46. The van der Waals surface area contributed by atoms with Crippen LogP contribution in [0.15, 0.2) is 66.2 Å². The predicted molar refractivity (Wildman–Crippen MR) is 113 cm³/mol. The second-order valence-corrected chi connectivity index (χ2v) is 7.79. The van der Waals surface area contributed by atoms with Gasteiger partial charge in [-0.05, 0) is 60.1 Å². The predicted octanol–water partition coefficient (Wildman–Crippen LogP) is 4.39. The zero-order valence-corrected chi connectivity index (χ0v) is 16.3. The zero-order chi connectivity index (χ0) is 18.1. The highest BCUT2D eigenvalue weighted by Crippen LogP contribution is 2.43. The molecule has 1 aliphatic heterocycles. The SMILES string of the molecule is CN(C)c1ccc(N2C(=S)NC(c3ccccn3)C2c2cccs2)cc1. The molecule has 1 N–H and O–H groups in total. The molecule has 1 fully saturated rings. The van der Waals surface area contributed by atoms with Gasteiger partial charge in [-0.1, -0.05) is 12.1 Å². The number of aromatic nitrogens is 1. The standard InChI is InChI=1S/C20H20N4S2/c1-23(2)14-8-10-15(11-9-14)24-19(17-7-5-13-26-17)18(22-20(24)25)16-6-3-4-12-21-16/h3-13,18-19H,1-2H3,(H,22,25). The molecule has 0 saturated carbocycles. The third-order valence-corrected chi connectivity index (χ3v) is 5.83. The quantitative estimate of drug-likeness (QED) is 0.679. The number of hydrogen-bond acceptors (Lipinski definition) is 4. The van der Waals surface area contributed by atoms with E-state index in [1.165, 1.54) is 10.6 Å².